The van der Waals surface area contributed by atoms with Gasteiger partial charge in [0.15, 0.2) is 0 Å². The Morgan fingerprint density at radius 3 is 1.67 bits per heavy atom. The molecule has 0 spiro atoms. The Hall–Kier alpha value is -3.00. The first-order valence-corrected chi connectivity index (χ1v) is 10.6. The van der Waals surface area contributed by atoms with Crippen LogP contribution in [0.5, 0.6) is 0 Å². The third kappa shape index (κ3) is 3.75. The van der Waals surface area contributed by atoms with Crippen molar-refractivity contribution in [3.05, 3.63) is 94.5 Å². The molecule has 1 aliphatic carbocycles. The van der Waals surface area contributed by atoms with Gasteiger partial charge < -0.3 is 0 Å². The van der Waals surface area contributed by atoms with Crippen molar-refractivity contribution in [3.8, 4) is 11.1 Å². The molecule has 3 aromatic rings. The Balaban J connectivity index is 1.79. The van der Waals surface area contributed by atoms with Gasteiger partial charge in [0, 0.05) is 11.1 Å². The molecule has 1 aliphatic rings. The normalized spacial score (nSPS) is 13.5. The summed E-state index contributed by atoms with van der Waals surface area (Å²) in [7, 11) is 0. The summed E-state index contributed by atoms with van der Waals surface area (Å²) in [6.07, 6.45) is 1.92. The fraction of sp³-hybridized carbons (Fsp3) is 0.286. The number of rotatable bonds is 2. The molecule has 0 heterocycles. The lowest BCUT2D eigenvalue weighted by molar-refractivity contribution is 0.576. The van der Waals surface area contributed by atoms with Crippen LogP contribution in [-0.4, -0.2) is 11.9 Å². The van der Waals surface area contributed by atoms with Crippen molar-refractivity contribution in [2.24, 2.45) is 10.2 Å². The van der Waals surface area contributed by atoms with Crippen molar-refractivity contribution in [2.45, 2.75) is 52.4 Å². The highest BCUT2D eigenvalue weighted by molar-refractivity contribution is 6.24. The second kappa shape index (κ2) is 7.36. The molecule has 0 bridgehead atoms. The van der Waals surface area contributed by atoms with E-state index in [2.05, 4.69) is 113 Å². The van der Waals surface area contributed by atoms with Gasteiger partial charge in [-0.05, 0) is 44.7 Å². The van der Waals surface area contributed by atoms with Crippen LogP contribution in [0.2, 0.25) is 0 Å². The first-order valence-electron chi connectivity index (χ1n) is 10.6. The smallest absolute Gasteiger partial charge is 0.101 e. The zero-order chi connectivity index (χ0) is 21.5. The van der Waals surface area contributed by atoms with Crippen molar-refractivity contribution >= 4 is 11.9 Å². The summed E-state index contributed by atoms with van der Waals surface area (Å²) in [5, 5.41) is 9.28. The van der Waals surface area contributed by atoms with Crippen LogP contribution in [0.15, 0.2) is 76.9 Å². The maximum absolute atomic E-state index is 4.70. The summed E-state index contributed by atoms with van der Waals surface area (Å²) in [6, 6.07) is 23.6. The summed E-state index contributed by atoms with van der Waals surface area (Å²) >= 11 is 0. The van der Waals surface area contributed by atoms with Crippen LogP contribution in [-0.2, 0) is 10.8 Å². The van der Waals surface area contributed by atoms with Gasteiger partial charge in [-0.2, -0.15) is 5.10 Å². The summed E-state index contributed by atoms with van der Waals surface area (Å²) in [5.41, 5.74) is 9.56. The minimum atomic E-state index is 0.0392. The minimum Gasteiger partial charge on any atom is -0.158 e. The van der Waals surface area contributed by atoms with Gasteiger partial charge in [-0.25, -0.2) is 0 Å². The molecule has 2 heteroatoms. The van der Waals surface area contributed by atoms with E-state index in [1.54, 1.807) is 0 Å². The fourth-order valence-electron chi connectivity index (χ4n) is 4.07. The molecule has 4 rings (SSSR count). The standard InChI is InChI=1S/C28H30N2/c1-27(2,3)20-15-16-25(28(4,5)6)19(17-20)18-29-30-26-23-13-9-7-11-21(23)22-12-8-10-14-24(22)26/h7-18H,1-6H3/b29-18+. The Morgan fingerprint density at radius 1 is 0.633 bits per heavy atom. The van der Waals surface area contributed by atoms with Crippen molar-refractivity contribution in [1.82, 2.24) is 0 Å². The topological polar surface area (TPSA) is 24.7 Å². The van der Waals surface area contributed by atoms with Crippen LogP contribution in [0.3, 0.4) is 0 Å². The highest BCUT2D eigenvalue weighted by Crippen LogP contribution is 2.36. The van der Waals surface area contributed by atoms with Gasteiger partial charge in [-0.15, -0.1) is 5.10 Å². The van der Waals surface area contributed by atoms with E-state index in [4.69, 9.17) is 5.10 Å². The van der Waals surface area contributed by atoms with Crippen molar-refractivity contribution in [1.29, 1.82) is 0 Å². The summed E-state index contributed by atoms with van der Waals surface area (Å²) in [6.45, 7) is 13.5. The highest BCUT2D eigenvalue weighted by atomic mass is 15.2. The van der Waals surface area contributed by atoms with Gasteiger partial charge >= 0.3 is 0 Å². The number of hydrogen-bond donors (Lipinski definition) is 0. The van der Waals surface area contributed by atoms with E-state index in [1.165, 1.54) is 22.3 Å². The molecular formula is C28H30N2. The summed E-state index contributed by atoms with van der Waals surface area (Å²) in [5.74, 6) is 0. The number of fused-ring (bicyclic) bond motifs is 3. The second-order valence-corrected chi connectivity index (χ2v) is 10.1. The van der Waals surface area contributed by atoms with E-state index in [9.17, 15) is 0 Å². The fourth-order valence-corrected chi connectivity index (χ4v) is 4.07. The molecule has 0 amide bonds. The van der Waals surface area contributed by atoms with Crippen LogP contribution >= 0.6 is 0 Å². The van der Waals surface area contributed by atoms with Crippen LogP contribution < -0.4 is 0 Å². The van der Waals surface area contributed by atoms with Gasteiger partial charge in [-0.1, -0.05) is 102 Å². The molecule has 0 N–H and O–H groups in total. The van der Waals surface area contributed by atoms with Crippen molar-refractivity contribution in [2.75, 3.05) is 0 Å². The summed E-state index contributed by atoms with van der Waals surface area (Å²) < 4.78 is 0. The molecule has 0 saturated carbocycles. The third-order valence-electron chi connectivity index (χ3n) is 5.73. The van der Waals surface area contributed by atoms with Crippen LogP contribution in [0, 0.1) is 0 Å². The molecule has 0 saturated heterocycles. The molecule has 0 radical (unpaired) electrons. The van der Waals surface area contributed by atoms with E-state index >= 15 is 0 Å². The Labute approximate surface area is 180 Å². The highest BCUT2D eigenvalue weighted by Gasteiger charge is 2.24. The maximum Gasteiger partial charge on any atom is 0.101 e. The molecular weight excluding hydrogens is 364 g/mol. The molecule has 0 fully saturated rings. The molecule has 152 valence electrons. The lowest BCUT2D eigenvalue weighted by Crippen LogP contribution is -2.17. The zero-order valence-corrected chi connectivity index (χ0v) is 18.8. The van der Waals surface area contributed by atoms with Gasteiger partial charge in [0.2, 0.25) is 0 Å². The first-order chi connectivity index (χ1) is 14.2. The van der Waals surface area contributed by atoms with Gasteiger partial charge in [0.25, 0.3) is 0 Å². The lowest BCUT2D eigenvalue weighted by atomic mass is 9.79. The predicted molar refractivity (Wildman–Crippen MR) is 129 cm³/mol. The first kappa shape index (κ1) is 20.3. The van der Waals surface area contributed by atoms with E-state index in [0.29, 0.717) is 0 Å². The van der Waals surface area contributed by atoms with Crippen molar-refractivity contribution < 1.29 is 0 Å². The van der Waals surface area contributed by atoms with Crippen LogP contribution in [0.25, 0.3) is 11.1 Å². The number of hydrogen-bond acceptors (Lipinski definition) is 2. The maximum atomic E-state index is 4.70. The molecule has 0 aromatic heterocycles. The SMILES string of the molecule is CC(C)(C)c1ccc(C(C)(C)C)c(/C=N/N=C2c3ccccc3-c3ccccc32)c1. The molecule has 2 nitrogen and oxygen atoms in total. The zero-order valence-electron chi connectivity index (χ0n) is 18.8. The average molecular weight is 395 g/mol. The lowest BCUT2D eigenvalue weighted by Gasteiger charge is -2.25. The van der Waals surface area contributed by atoms with E-state index in [0.717, 1.165) is 22.4 Å². The van der Waals surface area contributed by atoms with Gasteiger partial charge in [0.1, 0.15) is 5.71 Å². The molecule has 0 aliphatic heterocycles. The number of nitrogens with zero attached hydrogens (tertiary/aromatic N) is 2. The quantitative estimate of drug-likeness (QED) is 0.255. The molecule has 30 heavy (non-hydrogen) atoms. The van der Waals surface area contributed by atoms with Crippen LogP contribution in [0.4, 0.5) is 0 Å². The predicted octanol–water partition coefficient (Wildman–Crippen LogP) is 7.13. The van der Waals surface area contributed by atoms with E-state index < -0.39 is 0 Å². The van der Waals surface area contributed by atoms with Crippen LogP contribution in [0.1, 0.15) is 69.4 Å². The minimum absolute atomic E-state index is 0.0392. The Morgan fingerprint density at radius 2 is 1.17 bits per heavy atom. The second-order valence-electron chi connectivity index (χ2n) is 10.1. The third-order valence-corrected chi connectivity index (χ3v) is 5.73. The molecule has 0 unspecified atom stereocenters. The Bertz CT molecular complexity index is 1100. The molecule has 0 atom stereocenters. The number of benzene rings is 3. The summed E-state index contributed by atoms with van der Waals surface area (Å²) in [4.78, 5) is 0. The average Bonchev–Trinajstić information content (AvgIpc) is 3.01. The van der Waals surface area contributed by atoms with Gasteiger partial charge in [-0.3, -0.25) is 0 Å². The van der Waals surface area contributed by atoms with Crippen molar-refractivity contribution in [3.63, 3.8) is 0 Å². The van der Waals surface area contributed by atoms with E-state index in [-0.39, 0.29) is 10.8 Å². The molecule has 3 aromatic carbocycles. The largest absolute Gasteiger partial charge is 0.158 e. The Kier molecular flexibility index (Phi) is 4.97. The van der Waals surface area contributed by atoms with E-state index in [1.807, 2.05) is 6.21 Å². The van der Waals surface area contributed by atoms with Gasteiger partial charge in [0.05, 0.1) is 6.21 Å². The monoisotopic (exact) mass is 394 g/mol.